The van der Waals surface area contributed by atoms with Gasteiger partial charge in [-0.05, 0) is 36.0 Å². The number of hydrogen-bond donors (Lipinski definition) is 1. The lowest BCUT2D eigenvalue weighted by molar-refractivity contribution is -0.137. The predicted molar refractivity (Wildman–Crippen MR) is 64.9 cm³/mol. The van der Waals surface area contributed by atoms with Gasteiger partial charge in [0, 0.05) is 6.04 Å². The highest BCUT2D eigenvalue weighted by Gasteiger charge is 2.33. The van der Waals surface area contributed by atoms with E-state index in [9.17, 15) is 13.2 Å². The van der Waals surface area contributed by atoms with Crippen LogP contribution < -0.4 is 5.73 Å². The Labute approximate surface area is 105 Å². The fourth-order valence-electron chi connectivity index (χ4n) is 2.88. The molecule has 1 aromatic carbocycles. The summed E-state index contributed by atoms with van der Waals surface area (Å²) in [7, 11) is 0. The average Bonchev–Trinajstić information content (AvgIpc) is 2.73. The molecule has 1 aliphatic rings. The first-order valence-corrected chi connectivity index (χ1v) is 6.32. The maximum atomic E-state index is 12.6. The van der Waals surface area contributed by atoms with Gasteiger partial charge in [-0.15, -0.1) is 0 Å². The standard InChI is InChI=1S/C14H18F3N/c1-9-4-2-7-12(9)13(18)10-5-3-6-11(8-10)14(15,16)17/h3,5-6,8-9,12-13H,2,4,7,18H2,1H3. The zero-order chi connectivity index (χ0) is 13.3. The SMILES string of the molecule is CC1CCCC1C(N)c1cccc(C(F)(F)F)c1. The minimum absolute atomic E-state index is 0.287. The Balaban J connectivity index is 2.23. The molecule has 4 heteroatoms. The van der Waals surface area contributed by atoms with E-state index in [1.165, 1.54) is 12.1 Å². The number of nitrogens with two attached hydrogens (primary N) is 1. The summed E-state index contributed by atoms with van der Waals surface area (Å²) < 4.78 is 37.9. The minimum atomic E-state index is -4.29. The van der Waals surface area contributed by atoms with Crippen LogP contribution in [0.25, 0.3) is 0 Å². The van der Waals surface area contributed by atoms with Gasteiger partial charge >= 0.3 is 6.18 Å². The number of halogens is 3. The van der Waals surface area contributed by atoms with Crippen LogP contribution in [0, 0.1) is 11.8 Å². The summed E-state index contributed by atoms with van der Waals surface area (Å²) in [6.45, 7) is 2.13. The monoisotopic (exact) mass is 257 g/mol. The van der Waals surface area contributed by atoms with E-state index in [2.05, 4.69) is 6.92 Å². The molecule has 3 atom stereocenters. The highest BCUT2D eigenvalue weighted by molar-refractivity contribution is 5.28. The van der Waals surface area contributed by atoms with E-state index in [0.717, 1.165) is 25.3 Å². The third kappa shape index (κ3) is 2.69. The van der Waals surface area contributed by atoms with E-state index < -0.39 is 11.7 Å². The number of benzene rings is 1. The molecule has 1 saturated carbocycles. The largest absolute Gasteiger partial charge is 0.416 e. The molecule has 0 spiro atoms. The van der Waals surface area contributed by atoms with E-state index in [0.29, 0.717) is 17.4 Å². The van der Waals surface area contributed by atoms with Crippen LogP contribution in [-0.4, -0.2) is 0 Å². The van der Waals surface area contributed by atoms with E-state index in [1.54, 1.807) is 6.07 Å². The van der Waals surface area contributed by atoms with Crippen molar-refractivity contribution in [1.29, 1.82) is 0 Å². The molecule has 0 saturated heterocycles. The molecule has 1 aliphatic carbocycles. The Kier molecular flexibility index (Phi) is 3.66. The van der Waals surface area contributed by atoms with Crippen molar-refractivity contribution in [3.05, 3.63) is 35.4 Å². The molecule has 2 rings (SSSR count). The van der Waals surface area contributed by atoms with E-state index >= 15 is 0 Å². The summed E-state index contributed by atoms with van der Waals surface area (Å²) in [5.41, 5.74) is 6.13. The van der Waals surface area contributed by atoms with Crippen LogP contribution in [-0.2, 0) is 6.18 Å². The molecule has 0 heterocycles. The molecule has 1 fully saturated rings. The van der Waals surface area contributed by atoms with Crippen LogP contribution in [0.2, 0.25) is 0 Å². The van der Waals surface area contributed by atoms with Crippen LogP contribution in [0.1, 0.15) is 43.4 Å². The fraction of sp³-hybridized carbons (Fsp3) is 0.571. The minimum Gasteiger partial charge on any atom is -0.324 e. The smallest absolute Gasteiger partial charge is 0.324 e. The van der Waals surface area contributed by atoms with Gasteiger partial charge in [0.05, 0.1) is 5.56 Å². The molecule has 0 bridgehead atoms. The number of alkyl halides is 3. The molecule has 18 heavy (non-hydrogen) atoms. The highest BCUT2D eigenvalue weighted by atomic mass is 19.4. The van der Waals surface area contributed by atoms with Crippen LogP contribution >= 0.6 is 0 Å². The van der Waals surface area contributed by atoms with Crippen molar-refractivity contribution in [2.45, 2.75) is 38.4 Å². The molecule has 0 aromatic heterocycles. The molecular weight excluding hydrogens is 239 g/mol. The molecule has 0 amide bonds. The van der Waals surface area contributed by atoms with Crippen molar-refractivity contribution < 1.29 is 13.2 Å². The van der Waals surface area contributed by atoms with E-state index in [4.69, 9.17) is 5.73 Å². The van der Waals surface area contributed by atoms with Gasteiger partial charge in [0.1, 0.15) is 0 Å². The first-order valence-electron chi connectivity index (χ1n) is 6.32. The van der Waals surface area contributed by atoms with Crippen molar-refractivity contribution in [3.63, 3.8) is 0 Å². The van der Waals surface area contributed by atoms with Gasteiger partial charge < -0.3 is 5.73 Å². The highest BCUT2D eigenvalue weighted by Crippen LogP contribution is 2.39. The molecule has 100 valence electrons. The number of rotatable bonds is 2. The lowest BCUT2D eigenvalue weighted by Gasteiger charge is -2.24. The normalized spacial score (nSPS) is 26.3. The Morgan fingerprint density at radius 3 is 2.56 bits per heavy atom. The van der Waals surface area contributed by atoms with Gasteiger partial charge in [-0.1, -0.05) is 31.9 Å². The Morgan fingerprint density at radius 2 is 2.00 bits per heavy atom. The summed E-state index contributed by atoms with van der Waals surface area (Å²) in [6.07, 6.45) is -1.04. The van der Waals surface area contributed by atoms with Gasteiger partial charge in [0.15, 0.2) is 0 Å². The predicted octanol–water partition coefficient (Wildman–Crippen LogP) is 4.14. The zero-order valence-electron chi connectivity index (χ0n) is 10.4. The van der Waals surface area contributed by atoms with Crippen LogP contribution in [0.3, 0.4) is 0 Å². The van der Waals surface area contributed by atoms with Gasteiger partial charge in [-0.2, -0.15) is 13.2 Å². The maximum absolute atomic E-state index is 12.6. The van der Waals surface area contributed by atoms with Gasteiger partial charge in [-0.3, -0.25) is 0 Å². The van der Waals surface area contributed by atoms with Crippen molar-refractivity contribution in [2.24, 2.45) is 17.6 Å². The van der Waals surface area contributed by atoms with Gasteiger partial charge in [0.2, 0.25) is 0 Å². The van der Waals surface area contributed by atoms with Crippen molar-refractivity contribution in [1.82, 2.24) is 0 Å². The average molecular weight is 257 g/mol. The Bertz CT molecular complexity index is 414. The summed E-state index contributed by atoms with van der Waals surface area (Å²) in [5, 5.41) is 0. The van der Waals surface area contributed by atoms with E-state index in [1.807, 2.05) is 0 Å². The quantitative estimate of drug-likeness (QED) is 0.846. The Morgan fingerprint density at radius 1 is 1.28 bits per heavy atom. The number of hydrogen-bond acceptors (Lipinski definition) is 1. The molecule has 0 aliphatic heterocycles. The van der Waals surface area contributed by atoms with Crippen LogP contribution in [0.5, 0.6) is 0 Å². The zero-order valence-corrected chi connectivity index (χ0v) is 10.4. The first kappa shape index (κ1) is 13.4. The van der Waals surface area contributed by atoms with Gasteiger partial charge in [-0.25, -0.2) is 0 Å². The third-order valence-corrected chi connectivity index (χ3v) is 3.99. The second-order valence-electron chi connectivity index (χ2n) is 5.22. The molecule has 2 N–H and O–H groups in total. The topological polar surface area (TPSA) is 26.0 Å². The molecule has 3 unspecified atom stereocenters. The lowest BCUT2D eigenvalue weighted by atomic mass is 9.86. The molecular formula is C14H18F3N. The van der Waals surface area contributed by atoms with Crippen LogP contribution in [0.15, 0.2) is 24.3 Å². The van der Waals surface area contributed by atoms with Gasteiger partial charge in [0.25, 0.3) is 0 Å². The summed E-state index contributed by atoms with van der Waals surface area (Å²) >= 11 is 0. The third-order valence-electron chi connectivity index (χ3n) is 3.99. The second-order valence-corrected chi connectivity index (χ2v) is 5.22. The molecule has 0 radical (unpaired) electrons. The second kappa shape index (κ2) is 4.92. The van der Waals surface area contributed by atoms with Crippen molar-refractivity contribution >= 4 is 0 Å². The summed E-state index contributed by atoms with van der Waals surface area (Å²) in [4.78, 5) is 0. The molecule has 1 nitrogen and oxygen atoms in total. The maximum Gasteiger partial charge on any atom is 0.416 e. The fourth-order valence-corrected chi connectivity index (χ4v) is 2.88. The summed E-state index contributed by atoms with van der Waals surface area (Å²) in [6, 6.07) is 5.14. The molecule has 1 aromatic rings. The van der Waals surface area contributed by atoms with E-state index in [-0.39, 0.29) is 6.04 Å². The van der Waals surface area contributed by atoms with Crippen molar-refractivity contribution in [3.8, 4) is 0 Å². The van der Waals surface area contributed by atoms with Crippen molar-refractivity contribution in [2.75, 3.05) is 0 Å². The van der Waals surface area contributed by atoms with Crippen LogP contribution in [0.4, 0.5) is 13.2 Å². The Hall–Kier alpha value is -1.03. The first-order chi connectivity index (χ1) is 8.39. The lowest BCUT2D eigenvalue weighted by Crippen LogP contribution is -2.23. The summed E-state index contributed by atoms with van der Waals surface area (Å²) in [5.74, 6) is 0.794.